The van der Waals surface area contributed by atoms with Crippen molar-refractivity contribution in [2.24, 2.45) is 0 Å². The van der Waals surface area contributed by atoms with Gasteiger partial charge in [0.25, 0.3) is 0 Å². The molecule has 0 unspecified atom stereocenters. The van der Waals surface area contributed by atoms with E-state index in [0.717, 1.165) is 0 Å². The number of hydrogen-bond donors (Lipinski definition) is 1. The fourth-order valence-electron chi connectivity index (χ4n) is 2.82. The number of hydrogen-bond acceptors (Lipinski definition) is 4. The van der Waals surface area contributed by atoms with E-state index < -0.39 is 12.2 Å². The maximum Gasteiger partial charge on any atom is 0.333 e. The van der Waals surface area contributed by atoms with Gasteiger partial charge < -0.3 is 9.84 Å². The number of aromatic nitrogens is 3. The molecule has 0 spiro atoms. The Balaban J connectivity index is 1.83. The minimum absolute atomic E-state index is 0.0624. The molecule has 1 aliphatic rings. The lowest BCUT2D eigenvalue weighted by atomic mass is 9.85. The SMILES string of the molecule is CC1(O)CCC(Oc2cc(Cl)ncc2-c2cnn(C(F)F)c2)CC1. The second-order valence-electron chi connectivity index (χ2n) is 6.30. The highest BCUT2D eigenvalue weighted by molar-refractivity contribution is 6.29. The molecule has 0 saturated heterocycles. The molecule has 2 aromatic rings. The maximum absolute atomic E-state index is 12.7. The summed E-state index contributed by atoms with van der Waals surface area (Å²) >= 11 is 5.95. The van der Waals surface area contributed by atoms with E-state index in [-0.39, 0.29) is 11.3 Å². The Kier molecular flexibility index (Phi) is 4.73. The summed E-state index contributed by atoms with van der Waals surface area (Å²) in [4.78, 5) is 4.01. The molecule has 1 aliphatic carbocycles. The van der Waals surface area contributed by atoms with Crippen molar-refractivity contribution in [2.75, 3.05) is 0 Å². The molecule has 0 bridgehead atoms. The van der Waals surface area contributed by atoms with Crippen LogP contribution in [0.25, 0.3) is 11.1 Å². The molecule has 130 valence electrons. The van der Waals surface area contributed by atoms with Crippen LogP contribution in [0.15, 0.2) is 24.7 Å². The summed E-state index contributed by atoms with van der Waals surface area (Å²) in [6, 6.07) is 1.57. The Morgan fingerprint density at radius 3 is 2.71 bits per heavy atom. The van der Waals surface area contributed by atoms with Crippen LogP contribution in [0.2, 0.25) is 5.15 Å². The van der Waals surface area contributed by atoms with Gasteiger partial charge >= 0.3 is 6.55 Å². The Hall–Kier alpha value is -1.73. The van der Waals surface area contributed by atoms with Gasteiger partial charge in [0.2, 0.25) is 0 Å². The Morgan fingerprint density at radius 1 is 1.38 bits per heavy atom. The quantitative estimate of drug-likeness (QED) is 0.838. The van der Waals surface area contributed by atoms with Gasteiger partial charge in [-0.15, -0.1) is 0 Å². The highest BCUT2D eigenvalue weighted by atomic mass is 35.5. The van der Waals surface area contributed by atoms with E-state index in [0.29, 0.717) is 47.2 Å². The van der Waals surface area contributed by atoms with Crippen LogP contribution in [0.3, 0.4) is 0 Å². The molecular weight excluding hydrogens is 340 g/mol. The molecule has 0 atom stereocenters. The van der Waals surface area contributed by atoms with Gasteiger partial charge in [-0.25, -0.2) is 9.67 Å². The third kappa shape index (κ3) is 3.84. The van der Waals surface area contributed by atoms with Crippen LogP contribution in [0.1, 0.15) is 39.2 Å². The van der Waals surface area contributed by atoms with Gasteiger partial charge in [0.05, 0.1) is 17.9 Å². The minimum atomic E-state index is -2.70. The van der Waals surface area contributed by atoms with E-state index in [1.165, 1.54) is 18.6 Å². The van der Waals surface area contributed by atoms with E-state index in [2.05, 4.69) is 10.1 Å². The zero-order chi connectivity index (χ0) is 17.3. The van der Waals surface area contributed by atoms with Crippen LogP contribution in [0, 0.1) is 0 Å². The van der Waals surface area contributed by atoms with Crippen LogP contribution in [0.5, 0.6) is 5.75 Å². The summed E-state index contributed by atoms with van der Waals surface area (Å²) in [6.45, 7) is -0.889. The van der Waals surface area contributed by atoms with E-state index in [1.54, 1.807) is 6.07 Å². The zero-order valence-corrected chi connectivity index (χ0v) is 13.9. The molecular formula is C16H18ClF2N3O2. The van der Waals surface area contributed by atoms with Crippen LogP contribution < -0.4 is 4.74 Å². The number of aliphatic hydroxyl groups is 1. The maximum atomic E-state index is 12.7. The molecule has 1 N–H and O–H groups in total. The van der Waals surface area contributed by atoms with Gasteiger partial charge in [-0.1, -0.05) is 11.6 Å². The van der Waals surface area contributed by atoms with Gasteiger partial charge in [0.1, 0.15) is 10.9 Å². The van der Waals surface area contributed by atoms with Crippen molar-refractivity contribution in [1.29, 1.82) is 0 Å². The molecule has 5 nitrogen and oxygen atoms in total. The lowest BCUT2D eigenvalue weighted by molar-refractivity contribution is -0.0107. The monoisotopic (exact) mass is 357 g/mol. The molecule has 3 rings (SSSR count). The summed E-state index contributed by atoms with van der Waals surface area (Å²) < 4.78 is 32.0. The third-order valence-electron chi connectivity index (χ3n) is 4.25. The molecule has 2 aromatic heterocycles. The highest BCUT2D eigenvalue weighted by Gasteiger charge is 2.30. The number of pyridine rings is 1. The normalized spacial score (nSPS) is 24.3. The predicted molar refractivity (Wildman–Crippen MR) is 85.2 cm³/mol. The molecule has 1 saturated carbocycles. The Morgan fingerprint density at radius 2 is 2.08 bits per heavy atom. The fraction of sp³-hybridized carbons (Fsp3) is 0.500. The van der Waals surface area contributed by atoms with E-state index in [1.807, 2.05) is 6.92 Å². The second kappa shape index (κ2) is 6.64. The van der Waals surface area contributed by atoms with E-state index in [4.69, 9.17) is 16.3 Å². The number of ether oxygens (including phenoxy) is 1. The van der Waals surface area contributed by atoms with Gasteiger partial charge in [0, 0.05) is 29.6 Å². The summed E-state index contributed by atoms with van der Waals surface area (Å²) in [6.07, 6.45) is 6.73. The van der Waals surface area contributed by atoms with E-state index in [9.17, 15) is 13.9 Å². The molecule has 24 heavy (non-hydrogen) atoms. The summed E-state index contributed by atoms with van der Waals surface area (Å²) in [5.41, 5.74) is 0.387. The van der Waals surface area contributed by atoms with Crippen molar-refractivity contribution >= 4 is 11.6 Å². The molecule has 0 radical (unpaired) electrons. The Bertz CT molecular complexity index is 711. The van der Waals surface area contributed by atoms with Crippen molar-refractivity contribution in [3.63, 3.8) is 0 Å². The van der Waals surface area contributed by atoms with Gasteiger partial charge in [-0.05, 0) is 32.6 Å². The van der Waals surface area contributed by atoms with Crippen molar-refractivity contribution in [3.05, 3.63) is 29.8 Å². The largest absolute Gasteiger partial charge is 0.490 e. The molecule has 2 heterocycles. The second-order valence-corrected chi connectivity index (χ2v) is 6.69. The van der Waals surface area contributed by atoms with Crippen LogP contribution in [0.4, 0.5) is 8.78 Å². The molecule has 8 heteroatoms. The smallest absolute Gasteiger partial charge is 0.333 e. The zero-order valence-electron chi connectivity index (χ0n) is 13.1. The first kappa shape index (κ1) is 17.1. The summed E-state index contributed by atoms with van der Waals surface area (Å²) in [5, 5.41) is 13.9. The van der Waals surface area contributed by atoms with Crippen molar-refractivity contribution in [3.8, 4) is 16.9 Å². The minimum Gasteiger partial charge on any atom is -0.490 e. The first-order valence-corrected chi connectivity index (χ1v) is 8.09. The summed E-state index contributed by atoms with van der Waals surface area (Å²) in [7, 11) is 0. The average molecular weight is 358 g/mol. The van der Waals surface area contributed by atoms with Crippen LogP contribution in [-0.2, 0) is 0 Å². The number of rotatable bonds is 4. The fourth-order valence-corrected chi connectivity index (χ4v) is 2.97. The Labute approximate surface area is 143 Å². The molecule has 0 aliphatic heterocycles. The van der Waals surface area contributed by atoms with Crippen LogP contribution >= 0.6 is 11.6 Å². The van der Waals surface area contributed by atoms with Gasteiger partial charge in [-0.2, -0.15) is 13.9 Å². The van der Waals surface area contributed by atoms with Crippen LogP contribution in [-0.4, -0.2) is 31.6 Å². The standard InChI is InChI=1S/C16H18ClF2N3O2/c1-16(23)4-2-11(3-5-16)24-13-6-14(17)20-8-12(13)10-7-21-22(9-10)15(18)19/h6-9,11,15,23H,2-5H2,1H3. The first-order chi connectivity index (χ1) is 11.3. The first-order valence-electron chi connectivity index (χ1n) is 7.71. The van der Waals surface area contributed by atoms with Crippen molar-refractivity contribution < 1.29 is 18.6 Å². The number of alkyl halides is 2. The van der Waals surface area contributed by atoms with Gasteiger partial charge in [-0.3, -0.25) is 0 Å². The highest BCUT2D eigenvalue weighted by Crippen LogP contribution is 2.36. The number of nitrogens with zero attached hydrogens (tertiary/aromatic N) is 3. The predicted octanol–water partition coefficient (Wildman–Crippen LogP) is 4.07. The summed E-state index contributed by atoms with van der Waals surface area (Å²) in [5.74, 6) is 0.482. The van der Waals surface area contributed by atoms with Crippen molar-refractivity contribution in [2.45, 2.75) is 50.9 Å². The lowest BCUT2D eigenvalue weighted by Crippen LogP contribution is -2.34. The van der Waals surface area contributed by atoms with Gasteiger partial charge in [0.15, 0.2) is 0 Å². The molecule has 0 amide bonds. The number of halogens is 3. The average Bonchev–Trinajstić information content (AvgIpc) is 2.99. The molecule has 0 aromatic carbocycles. The van der Waals surface area contributed by atoms with E-state index >= 15 is 0 Å². The topological polar surface area (TPSA) is 60.2 Å². The van der Waals surface area contributed by atoms with Crippen molar-refractivity contribution in [1.82, 2.24) is 14.8 Å². The third-order valence-corrected chi connectivity index (χ3v) is 4.46. The molecule has 1 fully saturated rings. The lowest BCUT2D eigenvalue weighted by Gasteiger charge is -2.33.